The van der Waals surface area contributed by atoms with Gasteiger partial charge in [0, 0.05) is 51.6 Å². The minimum Gasteiger partial charge on any atom is -0.475 e. The largest absolute Gasteiger partial charge is 0.475 e. The van der Waals surface area contributed by atoms with Crippen molar-refractivity contribution in [3.63, 3.8) is 0 Å². The number of ether oxygens (including phenoxy) is 3. The first kappa shape index (κ1) is 25.9. The summed E-state index contributed by atoms with van der Waals surface area (Å²) in [6.45, 7) is 8.40. The van der Waals surface area contributed by atoms with E-state index in [4.69, 9.17) is 14.2 Å². The summed E-state index contributed by atoms with van der Waals surface area (Å²) in [5.41, 5.74) is 0.340. The summed E-state index contributed by atoms with van der Waals surface area (Å²) >= 11 is 0. The molecule has 2 fully saturated rings. The van der Waals surface area contributed by atoms with Gasteiger partial charge in [-0.05, 0) is 50.2 Å². The molecule has 0 radical (unpaired) electrons. The van der Waals surface area contributed by atoms with E-state index in [1.807, 2.05) is 11.8 Å². The van der Waals surface area contributed by atoms with Crippen molar-refractivity contribution in [1.82, 2.24) is 20.1 Å². The fraction of sp³-hybridized carbons (Fsp3) is 0.731. The normalized spacial score (nSPS) is 26.4. The summed E-state index contributed by atoms with van der Waals surface area (Å²) in [5.74, 6) is 0.507. The Kier molecular flexibility index (Phi) is 9.74. The Bertz CT molecular complexity index is 824. The average molecular weight is 489 g/mol. The number of nitrogens with one attached hydrogen (secondary N) is 1. The van der Waals surface area contributed by atoms with Crippen LogP contribution in [0.3, 0.4) is 0 Å². The molecule has 5 heterocycles. The van der Waals surface area contributed by atoms with E-state index in [0.717, 1.165) is 71.5 Å². The van der Waals surface area contributed by atoms with E-state index < -0.39 is 6.04 Å². The summed E-state index contributed by atoms with van der Waals surface area (Å²) in [6.07, 6.45) is 7.10. The predicted molar refractivity (Wildman–Crippen MR) is 131 cm³/mol. The van der Waals surface area contributed by atoms with E-state index in [0.29, 0.717) is 43.8 Å². The second kappa shape index (κ2) is 13.2. The maximum absolute atomic E-state index is 13.4. The number of aromatic nitrogens is 1. The third kappa shape index (κ3) is 7.15. The van der Waals surface area contributed by atoms with Gasteiger partial charge in [0.1, 0.15) is 18.2 Å². The Hall–Kier alpha value is -2.23. The summed E-state index contributed by atoms with van der Waals surface area (Å²) in [7, 11) is 0. The fourth-order valence-corrected chi connectivity index (χ4v) is 5.30. The SMILES string of the molecule is CCC[C@H]1NC(=O)c2cccnc2OCCOCCN(C2CCOCC2)CC2CCN(CC2)C1=O. The highest BCUT2D eigenvalue weighted by Crippen LogP contribution is 2.24. The molecule has 4 aliphatic heterocycles. The number of amides is 2. The van der Waals surface area contributed by atoms with Crippen molar-refractivity contribution in [2.75, 3.05) is 59.2 Å². The lowest BCUT2D eigenvalue weighted by molar-refractivity contribution is -0.135. The Morgan fingerprint density at radius 2 is 1.77 bits per heavy atom. The number of carbonyl (C=O) groups excluding carboxylic acids is 2. The molecule has 0 spiro atoms. The number of piperidine rings is 1. The van der Waals surface area contributed by atoms with E-state index >= 15 is 0 Å². The molecule has 2 saturated heterocycles. The van der Waals surface area contributed by atoms with Gasteiger partial charge in [-0.1, -0.05) is 13.3 Å². The van der Waals surface area contributed by atoms with Crippen LogP contribution in [0.5, 0.6) is 5.88 Å². The van der Waals surface area contributed by atoms with Crippen LogP contribution in [0.25, 0.3) is 0 Å². The van der Waals surface area contributed by atoms with Crippen molar-refractivity contribution >= 4 is 11.8 Å². The molecule has 1 N–H and O–H groups in total. The molecule has 5 rings (SSSR count). The summed E-state index contributed by atoms with van der Waals surface area (Å²) in [5, 5.41) is 2.96. The van der Waals surface area contributed by atoms with E-state index in [1.54, 1.807) is 18.3 Å². The monoisotopic (exact) mass is 488 g/mol. The predicted octanol–water partition coefficient (Wildman–Crippen LogP) is 2.11. The van der Waals surface area contributed by atoms with Crippen LogP contribution in [0.15, 0.2) is 18.3 Å². The Balaban J connectivity index is 1.49. The van der Waals surface area contributed by atoms with Crippen molar-refractivity contribution in [3.8, 4) is 5.88 Å². The van der Waals surface area contributed by atoms with Gasteiger partial charge in [-0.3, -0.25) is 14.5 Å². The lowest BCUT2D eigenvalue weighted by Gasteiger charge is -2.40. The van der Waals surface area contributed by atoms with Crippen LogP contribution in [0.1, 0.15) is 55.8 Å². The third-order valence-electron chi connectivity index (χ3n) is 7.31. The molecule has 1 aromatic heterocycles. The molecule has 194 valence electrons. The maximum atomic E-state index is 13.4. The lowest BCUT2D eigenvalue weighted by Crippen LogP contribution is -2.52. The highest BCUT2D eigenvalue weighted by molar-refractivity contribution is 5.99. The summed E-state index contributed by atoms with van der Waals surface area (Å²) in [4.78, 5) is 35.2. The van der Waals surface area contributed by atoms with Crippen molar-refractivity contribution < 1.29 is 23.8 Å². The van der Waals surface area contributed by atoms with Gasteiger partial charge in [0.05, 0.1) is 13.2 Å². The molecular formula is C26H40N4O5. The molecule has 35 heavy (non-hydrogen) atoms. The van der Waals surface area contributed by atoms with Crippen molar-refractivity contribution in [3.05, 3.63) is 23.9 Å². The molecular weight excluding hydrogens is 448 g/mol. The zero-order valence-electron chi connectivity index (χ0n) is 21.0. The molecule has 9 nitrogen and oxygen atoms in total. The molecule has 1 atom stereocenters. The molecule has 0 aromatic carbocycles. The Labute approximate surface area is 208 Å². The summed E-state index contributed by atoms with van der Waals surface area (Å²) < 4.78 is 17.3. The molecule has 0 aliphatic carbocycles. The van der Waals surface area contributed by atoms with E-state index in [2.05, 4.69) is 15.2 Å². The van der Waals surface area contributed by atoms with Gasteiger partial charge in [0.15, 0.2) is 0 Å². The topological polar surface area (TPSA) is 93.2 Å². The van der Waals surface area contributed by atoms with Crippen LogP contribution in [-0.4, -0.2) is 97.9 Å². The van der Waals surface area contributed by atoms with Gasteiger partial charge >= 0.3 is 0 Å². The molecule has 2 bridgehead atoms. The number of hydrogen-bond donors (Lipinski definition) is 1. The first-order valence-corrected chi connectivity index (χ1v) is 13.2. The number of pyridine rings is 1. The van der Waals surface area contributed by atoms with Gasteiger partial charge in [0.2, 0.25) is 11.8 Å². The van der Waals surface area contributed by atoms with Crippen LogP contribution in [0.4, 0.5) is 0 Å². The second-order valence-electron chi connectivity index (χ2n) is 9.74. The number of carbonyl (C=O) groups is 2. The third-order valence-corrected chi connectivity index (χ3v) is 7.31. The molecule has 0 saturated carbocycles. The van der Waals surface area contributed by atoms with Crippen molar-refractivity contribution in [1.29, 1.82) is 0 Å². The van der Waals surface area contributed by atoms with Crippen LogP contribution in [0, 0.1) is 5.92 Å². The lowest BCUT2D eigenvalue weighted by atomic mass is 9.94. The van der Waals surface area contributed by atoms with Crippen LogP contribution in [0.2, 0.25) is 0 Å². The zero-order chi connectivity index (χ0) is 24.5. The van der Waals surface area contributed by atoms with Crippen molar-refractivity contribution in [2.45, 2.75) is 57.5 Å². The first-order valence-electron chi connectivity index (χ1n) is 13.2. The number of fused-ring (bicyclic) bond motifs is 12. The zero-order valence-corrected chi connectivity index (χ0v) is 21.0. The smallest absolute Gasteiger partial charge is 0.257 e. The number of rotatable bonds is 3. The van der Waals surface area contributed by atoms with Crippen LogP contribution < -0.4 is 10.1 Å². The molecule has 9 heteroatoms. The minimum atomic E-state index is -0.543. The van der Waals surface area contributed by atoms with E-state index in [-0.39, 0.29) is 17.7 Å². The molecule has 2 amide bonds. The van der Waals surface area contributed by atoms with Gasteiger partial charge in [-0.25, -0.2) is 4.98 Å². The summed E-state index contributed by atoms with van der Waals surface area (Å²) in [6, 6.07) is 3.37. The van der Waals surface area contributed by atoms with Crippen LogP contribution in [-0.2, 0) is 14.3 Å². The standard InChI is InChI=1S/C26H40N4O5/c1-2-4-23-26(32)29-11-6-20(7-12-29)19-30(21-8-14-33-15-9-21)13-16-34-17-18-35-25-22(24(31)28-23)5-3-10-27-25/h3,5,10,20-21,23H,2,4,6-9,11-19H2,1H3,(H,28,31)/t23-/m1/s1. The maximum Gasteiger partial charge on any atom is 0.257 e. The second-order valence-corrected chi connectivity index (χ2v) is 9.74. The molecule has 4 aliphatic rings. The number of hydrogen-bond acceptors (Lipinski definition) is 7. The molecule has 1 aromatic rings. The minimum absolute atomic E-state index is 0.0146. The average Bonchev–Trinajstić information content (AvgIpc) is 2.90. The van der Waals surface area contributed by atoms with Gasteiger partial charge in [0.25, 0.3) is 5.91 Å². The van der Waals surface area contributed by atoms with Crippen LogP contribution >= 0.6 is 0 Å². The number of nitrogens with zero attached hydrogens (tertiary/aromatic N) is 3. The Morgan fingerprint density at radius 1 is 1.00 bits per heavy atom. The highest BCUT2D eigenvalue weighted by Gasteiger charge is 2.31. The van der Waals surface area contributed by atoms with Crippen molar-refractivity contribution in [2.24, 2.45) is 5.92 Å². The van der Waals surface area contributed by atoms with Gasteiger partial charge in [-0.2, -0.15) is 0 Å². The van der Waals surface area contributed by atoms with Gasteiger partial charge < -0.3 is 24.4 Å². The van der Waals surface area contributed by atoms with Gasteiger partial charge in [-0.15, -0.1) is 0 Å². The van der Waals surface area contributed by atoms with E-state index in [1.165, 1.54) is 0 Å². The Morgan fingerprint density at radius 3 is 2.54 bits per heavy atom. The van der Waals surface area contributed by atoms with E-state index in [9.17, 15) is 9.59 Å². The molecule has 0 unspecified atom stereocenters. The first-order chi connectivity index (χ1) is 17.2. The highest BCUT2D eigenvalue weighted by atomic mass is 16.5. The fourth-order valence-electron chi connectivity index (χ4n) is 5.30. The quantitative estimate of drug-likeness (QED) is 0.652.